The molecule has 2 aromatic rings. The van der Waals surface area contributed by atoms with Gasteiger partial charge in [0, 0.05) is 11.1 Å². The summed E-state index contributed by atoms with van der Waals surface area (Å²) in [6, 6.07) is 1.68. The first-order chi connectivity index (χ1) is 7.56. The zero-order chi connectivity index (χ0) is 11.7. The minimum atomic E-state index is -0.891. The quantitative estimate of drug-likeness (QED) is 0.919. The summed E-state index contributed by atoms with van der Waals surface area (Å²) in [6.45, 7) is 2.44. The first kappa shape index (κ1) is 11.2. The Labute approximate surface area is 101 Å². The van der Waals surface area contributed by atoms with E-state index >= 15 is 0 Å². The van der Waals surface area contributed by atoms with E-state index in [0.29, 0.717) is 16.4 Å². The van der Waals surface area contributed by atoms with E-state index in [-0.39, 0.29) is 0 Å². The number of aromatic carboxylic acids is 1. The van der Waals surface area contributed by atoms with Gasteiger partial charge in [-0.2, -0.15) is 5.10 Å². The number of aryl methyl sites for hydroxylation is 1. The second-order valence-corrected chi connectivity index (χ2v) is 5.05. The minimum absolute atomic E-state index is 0.353. The van der Waals surface area contributed by atoms with Gasteiger partial charge >= 0.3 is 5.97 Å². The van der Waals surface area contributed by atoms with Crippen LogP contribution in [0.3, 0.4) is 0 Å². The Bertz CT molecular complexity index is 533. The smallest absolute Gasteiger partial charge is 0.345 e. The molecule has 0 aliphatic heterocycles. The van der Waals surface area contributed by atoms with Crippen LogP contribution in [0.1, 0.15) is 20.1 Å². The van der Waals surface area contributed by atoms with Crippen LogP contribution in [0.4, 0.5) is 0 Å². The number of rotatable bonds is 3. The van der Waals surface area contributed by atoms with Gasteiger partial charge in [0.25, 0.3) is 0 Å². The highest BCUT2D eigenvalue weighted by Crippen LogP contribution is 2.22. The molecule has 0 radical (unpaired) electrons. The molecule has 0 fully saturated rings. The summed E-state index contributed by atoms with van der Waals surface area (Å²) < 4.78 is 1.68. The molecule has 0 aliphatic rings. The lowest BCUT2D eigenvalue weighted by Gasteiger charge is -1.99. The van der Waals surface area contributed by atoms with Crippen molar-refractivity contribution in [2.45, 2.75) is 13.5 Å². The summed E-state index contributed by atoms with van der Waals surface area (Å²) in [5, 5.41) is 13.5. The Kier molecular flexibility index (Phi) is 2.98. The topological polar surface area (TPSA) is 55.1 Å². The first-order valence-electron chi connectivity index (χ1n) is 4.57. The number of thiophene rings is 1. The molecular formula is C10H9ClN2O2S. The second kappa shape index (κ2) is 4.27. The molecule has 2 heterocycles. The number of hydrogen-bond donors (Lipinski definition) is 1. The number of nitrogens with zero attached hydrogens (tertiary/aromatic N) is 2. The average molecular weight is 257 g/mol. The van der Waals surface area contributed by atoms with E-state index in [9.17, 15) is 4.79 Å². The van der Waals surface area contributed by atoms with Gasteiger partial charge in [-0.25, -0.2) is 4.79 Å². The fourth-order valence-corrected chi connectivity index (χ4v) is 2.41. The Morgan fingerprint density at radius 3 is 2.94 bits per heavy atom. The molecule has 0 aromatic carbocycles. The van der Waals surface area contributed by atoms with Gasteiger partial charge in [-0.1, -0.05) is 11.6 Å². The summed E-state index contributed by atoms with van der Waals surface area (Å²) >= 11 is 7.02. The van der Waals surface area contributed by atoms with Crippen molar-refractivity contribution in [1.29, 1.82) is 0 Å². The van der Waals surface area contributed by atoms with Gasteiger partial charge in [0.1, 0.15) is 4.88 Å². The van der Waals surface area contributed by atoms with Gasteiger partial charge in [0.2, 0.25) is 0 Å². The Morgan fingerprint density at radius 2 is 2.44 bits per heavy atom. The average Bonchev–Trinajstić information content (AvgIpc) is 2.75. The molecule has 16 heavy (non-hydrogen) atoms. The van der Waals surface area contributed by atoms with E-state index < -0.39 is 5.97 Å². The van der Waals surface area contributed by atoms with Gasteiger partial charge in [0.05, 0.1) is 17.8 Å². The van der Waals surface area contributed by atoms with Crippen LogP contribution in [0.2, 0.25) is 5.02 Å². The monoisotopic (exact) mass is 256 g/mol. The van der Waals surface area contributed by atoms with Crippen LogP contribution in [0, 0.1) is 6.92 Å². The molecule has 2 rings (SSSR count). The molecule has 84 valence electrons. The van der Waals surface area contributed by atoms with E-state index in [0.717, 1.165) is 10.4 Å². The van der Waals surface area contributed by atoms with Crippen LogP contribution in [-0.4, -0.2) is 20.9 Å². The van der Waals surface area contributed by atoms with Crippen molar-refractivity contribution >= 4 is 28.9 Å². The van der Waals surface area contributed by atoms with Crippen LogP contribution >= 0.6 is 22.9 Å². The highest BCUT2D eigenvalue weighted by atomic mass is 35.5. The molecule has 0 aliphatic carbocycles. The number of carboxylic acids is 1. The van der Waals surface area contributed by atoms with Crippen molar-refractivity contribution in [2.75, 3.05) is 0 Å². The van der Waals surface area contributed by atoms with E-state index in [4.69, 9.17) is 16.7 Å². The Hall–Kier alpha value is -1.33. The number of aromatic nitrogens is 2. The van der Waals surface area contributed by atoms with E-state index in [1.807, 2.05) is 6.92 Å². The molecule has 0 bridgehead atoms. The summed E-state index contributed by atoms with van der Waals surface area (Å²) in [5.74, 6) is -0.891. The maximum absolute atomic E-state index is 10.8. The van der Waals surface area contributed by atoms with Crippen molar-refractivity contribution < 1.29 is 9.90 Å². The predicted octanol–water partition coefficient (Wildman–Crippen LogP) is 2.65. The zero-order valence-electron chi connectivity index (χ0n) is 8.48. The molecule has 4 nitrogen and oxygen atoms in total. The highest BCUT2D eigenvalue weighted by Gasteiger charge is 2.11. The molecule has 0 spiro atoms. The highest BCUT2D eigenvalue weighted by molar-refractivity contribution is 7.14. The Morgan fingerprint density at radius 1 is 1.69 bits per heavy atom. The summed E-state index contributed by atoms with van der Waals surface area (Å²) in [6.07, 6.45) is 3.26. The lowest BCUT2D eigenvalue weighted by molar-refractivity contribution is 0.0702. The number of halogens is 1. The van der Waals surface area contributed by atoms with Gasteiger partial charge in [-0.3, -0.25) is 4.68 Å². The van der Waals surface area contributed by atoms with Crippen molar-refractivity contribution in [3.8, 4) is 0 Å². The molecule has 0 amide bonds. The molecule has 0 unspecified atom stereocenters. The van der Waals surface area contributed by atoms with Crippen LogP contribution in [0.5, 0.6) is 0 Å². The van der Waals surface area contributed by atoms with Gasteiger partial charge in [-0.15, -0.1) is 11.3 Å². The fourth-order valence-electron chi connectivity index (χ4n) is 1.38. The second-order valence-electron chi connectivity index (χ2n) is 3.35. The SMILES string of the molecule is Cc1sc(C(=O)O)cc1Cn1cc(Cl)cn1. The Balaban J connectivity index is 2.24. The molecule has 6 heteroatoms. The predicted molar refractivity (Wildman–Crippen MR) is 62.4 cm³/mol. The van der Waals surface area contributed by atoms with E-state index in [1.54, 1.807) is 23.1 Å². The third-order valence-electron chi connectivity index (χ3n) is 2.17. The molecular weight excluding hydrogens is 248 g/mol. The maximum Gasteiger partial charge on any atom is 0.345 e. The summed E-state index contributed by atoms with van der Waals surface area (Å²) in [4.78, 5) is 12.1. The number of carboxylic acid groups (broad SMARTS) is 1. The zero-order valence-corrected chi connectivity index (χ0v) is 10.0. The third-order valence-corrected chi connectivity index (χ3v) is 3.44. The van der Waals surface area contributed by atoms with Crippen LogP contribution in [0.25, 0.3) is 0 Å². The lowest BCUT2D eigenvalue weighted by atomic mass is 10.2. The standard InChI is InChI=1S/C10H9ClN2O2S/c1-6-7(2-9(16-6)10(14)15)4-13-5-8(11)3-12-13/h2-3,5H,4H2,1H3,(H,14,15). The van der Waals surface area contributed by atoms with Crippen molar-refractivity contribution in [1.82, 2.24) is 9.78 Å². The van der Waals surface area contributed by atoms with E-state index in [2.05, 4.69) is 5.10 Å². The lowest BCUT2D eigenvalue weighted by Crippen LogP contribution is -1.99. The van der Waals surface area contributed by atoms with Crippen molar-refractivity contribution in [3.05, 3.63) is 38.8 Å². The largest absolute Gasteiger partial charge is 0.477 e. The maximum atomic E-state index is 10.8. The molecule has 0 saturated carbocycles. The summed E-state index contributed by atoms with van der Waals surface area (Å²) in [7, 11) is 0. The summed E-state index contributed by atoms with van der Waals surface area (Å²) in [5.41, 5.74) is 0.960. The van der Waals surface area contributed by atoms with Gasteiger partial charge in [0.15, 0.2) is 0 Å². The van der Waals surface area contributed by atoms with Crippen LogP contribution < -0.4 is 0 Å². The third kappa shape index (κ3) is 2.25. The first-order valence-corrected chi connectivity index (χ1v) is 5.76. The van der Waals surface area contributed by atoms with Crippen LogP contribution in [-0.2, 0) is 6.54 Å². The normalized spacial score (nSPS) is 10.6. The number of hydrogen-bond acceptors (Lipinski definition) is 3. The van der Waals surface area contributed by atoms with Gasteiger partial charge < -0.3 is 5.11 Å². The van der Waals surface area contributed by atoms with Crippen molar-refractivity contribution in [2.24, 2.45) is 0 Å². The fraction of sp³-hybridized carbons (Fsp3) is 0.200. The van der Waals surface area contributed by atoms with Crippen LogP contribution in [0.15, 0.2) is 18.5 Å². The molecule has 2 aromatic heterocycles. The molecule has 1 N–H and O–H groups in total. The minimum Gasteiger partial charge on any atom is -0.477 e. The van der Waals surface area contributed by atoms with Crippen molar-refractivity contribution in [3.63, 3.8) is 0 Å². The number of carbonyl (C=O) groups is 1. The molecule has 0 saturated heterocycles. The molecule has 0 atom stereocenters. The van der Waals surface area contributed by atoms with E-state index in [1.165, 1.54) is 11.3 Å². The van der Waals surface area contributed by atoms with Gasteiger partial charge in [-0.05, 0) is 18.6 Å².